The van der Waals surface area contributed by atoms with E-state index in [1.807, 2.05) is 24.5 Å². The van der Waals surface area contributed by atoms with Gasteiger partial charge in [-0.05, 0) is 35.9 Å². The lowest BCUT2D eigenvalue weighted by molar-refractivity contribution is 1.13. The minimum Gasteiger partial charge on any atom is -0.398 e. The Labute approximate surface area is 90.2 Å². The summed E-state index contributed by atoms with van der Waals surface area (Å²) in [6.07, 6.45) is 0.879. The number of thioether (sulfide) groups is 1. The van der Waals surface area contributed by atoms with Gasteiger partial charge in [-0.3, -0.25) is 0 Å². The quantitative estimate of drug-likeness (QED) is 0.503. The number of hydrogen-bond acceptors (Lipinski definition) is 3. The molecule has 1 rings (SSSR count). The van der Waals surface area contributed by atoms with Crippen molar-refractivity contribution in [3.05, 3.63) is 22.2 Å². The van der Waals surface area contributed by atoms with Crippen LogP contribution in [0.15, 0.2) is 21.5 Å². The van der Waals surface area contributed by atoms with Crippen LogP contribution in [-0.2, 0) is 6.42 Å². The molecule has 0 amide bonds. The molecule has 0 heterocycles. The zero-order chi connectivity index (χ0) is 9.84. The van der Waals surface area contributed by atoms with E-state index < -0.39 is 0 Å². The Hall–Kier alpha value is -0.660. The molecule has 4 heteroatoms. The van der Waals surface area contributed by atoms with E-state index in [0.717, 1.165) is 38.8 Å². The first kappa shape index (κ1) is 10.4. The topological polar surface area (TPSA) is 49.8 Å². The van der Waals surface area contributed by atoms with E-state index in [9.17, 15) is 0 Å². The largest absolute Gasteiger partial charge is 0.398 e. The summed E-state index contributed by atoms with van der Waals surface area (Å²) in [5.41, 5.74) is 7.65. The summed E-state index contributed by atoms with van der Waals surface area (Å²) >= 11 is 4.48. The molecule has 0 spiro atoms. The van der Waals surface area contributed by atoms with E-state index >= 15 is 0 Å². The number of aryl methyl sites for hydroxylation is 1. The van der Waals surface area contributed by atoms with Gasteiger partial charge in [-0.25, -0.2) is 0 Å². The maximum Gasteiger partial charge on any atom is 0.138 e. The van der Waals surface area contributed by atoms with E-state index in [0.29, 0.717) is 0 Å². The van der Waals surface area contributed by atoms with E-state index in [4.69, 9.17) is 11.0 Å². The fraction of sp³-hybridized carbons (Fsp3) is 0.222. The maximum absolute atomic E-state index is 8.54. The average molecular weight is 257 g/mol. The van der Waals surface area contributed by atoms with Crippen LogP contribution in [0.25, 0.3) is 0 Å². The van der Waals surface area contributed by atoms with Crippen LogP contribution in [0, 0.1) is 10.7 Å². The molecule has 0 aromatic heterocycles. The maximum atomic E-state index is 8.54. The Bertz CT molecular complexity index is 357. The van der Waals surface area contributed by atoms with Crippen LogP contribution in [0.3, 0.4) is 0 Å². The van der Waals surface area contributed by atoms with Gasteiger partial charge in [0.05, 0.1) is 0 Å². The molecule has 0 unspecified atom stereocenters. The molecule has 0 saturated carbocycles. The van der Waals surface area contributed by atoms with E-state index in [-0.39, 0.29) is 0 Å². The van der Waals surface area contributed by atoms with Gasteiger partial charge in [0.25, 0.3) is 0 Å². The Morgan fingerprint density at radius 2 is 2.31 bits per heavy atom. The van der Waals surface area contributed by atoms with Crippen LogP contribution in [0.5, 0.6) is 0 Å². The van der Waals surface area contributed by atoms with Gasteiger partial charge in [0, 0.05) is 15.1 Å². The van der Waals surface area contributed by atoms with Gasteiger partial charge in [0.15, 0.2) is 0 Å². The zero-order valence-electron chi connectivity index (χ0n) is 7.17. The Kier molecular flexibility index (Phi) is 3.64. The molecule has 68 valence electrons. The molecule has 0 aliphatic heterocycles. The summed E-state index contributed by atoms with van der Waals surface area (Å²) in [4.78, 5) is 0.828. The number of nitrogens with zero attached hydrogens (tertiary/aromatic N) is 1. The van der Waals surface area contributed by atoms with E-state index in [1.165, 1.54) is 0 Å². The van der Waals surface area contributed by atoms with Gasteiger partial charge >= 0.3 is 0 Å². The van der Waals surface area contributed by atoms with Crippen LogP contribution < -0.4 is 5.73 Å². The summed E-state index contributed by atoms with van der Waals surface area (Å²) in [6, 6.07) is 3.85. The van der Waals surface area contributed by atoms with Crippen LogP contribution in [0.1, 0.15) is 12.5 Å². The van der Waals surface area contributed by atoms with Crippen molar-refractivity contribution in [3.63, 3.8) is 0 Å². The molecule has 13 heavy (non-hydrogen) atoms. The number of thiocyanates is 1. The molecular formula is C9H9BrN2S. The zero-order valence-corrected chi connectivity index (χ0v) is 9.58. The van der Waals surface area contributed by atoms with Crippen molar-refractivity contribution < 1.29 is 0 Å². The molecular weight excluding hydrogens is 248 g/mol. The molecule has 0 aliphatic carbocycles. The number of benzene rings is 1. The fourth-order valence-electron chi connectivity index (χ4n) is 1.07. The van der Waals surface area contributed by atoms with Crippen molar-refractivity contribution in [1.82, 2.24) is 0 Å². The highest BCUT2D eigenvalue weighted by atomic mass is 79.9. The molecule has 0 fully saturated rings. The molecule has 1 aromatic rings. The van der Waals surface area contributed by atoms with Crippen LogP contribution in [-0.4, -0.2) is 0 Å². The predicted octanol–water partition coefficient (Wildman–Crippen LogP) is 3.17. The first-order valence-electron chi connectivity index (χ1n) is 3.82. The van der Waals surface area contributed by atoms with Crippen molar-refractivity contribution >= 4 is 33.4 Å². The predicted molar refractivity (Wildman–Crippen MR) is 59.4 cm³/mol. The van der Waals surface area contributed by atoms with Gasteiger partial charge in [-0.15, -0.1) is 0 Å². The summed E-state index contributed by atoms with van der Waals surface area (Å²) in [5, 5.41) is 10.6. The van der Waals surface area contributed by atoms with E-state index in [1.54, 1.807) is 0 Å². The minimum absolute atomic E-state index is 0.720. The van der Waals surface area contributed by atoms with E-state index in [2.05, 4.69) is 15.9 Å². The van der Waals surface area contributed by atoms with Gasteiger partial charge < -0.3 is 5.73 Å². The summed E-state index contributed by atoms with van der Waals surface area (Å²) < 4.78 is 0.969. The third-order valence-electron chi connectivity index (χ3n) is 1.73. The second-order valence-electron chi connectivity index (χ2n) is 2.52. The van der Waals surface area contributed by atoms with Crippen molar-refractivity contribution in [2.75, 3.05) is 5.73 Å². The molecule has 0 saturated heterocycles. The molecule has 2 N–H and O–H groups in total. The van der Waals surface area contributed by atoms with Crippen molar-refractivity contribution in [2.45, 2.75) is 18.2 Å². The summed E-state index contributed by atoms with van der Waals surface area (Å²) in [5.74, 6) is 0. The number of anilines is 1. The second kappa shape index (κ2) is 4.54. The monoisotopic (exact) mass is 256 g/mol. The van der Waals surface area contributed by atoms with Crippen molar-refractivity contribution in [3.8, 4) is 5.40 Å². The lowest BCUT2D eigenvalue weighted by Gasteiger charge is -2.07. The standard InChI is InChI=1S/C9H9BrN2S/c1-2-6-3-7(10)4-8(9(6)12)13-5-11/h3-4H,2,12H2,1H3. The third-order valence-corrected chi connectivity index (χ3v) is 2.84. The normalized spacial score (nSPS) is 9.62. The first-order chi connectivity index (χ1) is 6.19. The number of hydrogen-bond donors (Lipinski definition) is 1. The smallest absolute Gasteiger partial charge is 0.138 e. The summed E-state index contributed by atoms with van der Waals surface area (Å²) in [7, 11) is 0. The molecule has 0 aliphatic rings. The number of nitriles is 1. The highest BCUT2D eigenvalue weighted by Gasteiger charge is 2.05. The highest BCUT2D eigenvalue weighted by Crippen LogP contribution is 2.31. The van der Waals surface area contributed by atoms with Gasteiger partial charge in [0.2, 0.25) is 0 Å². The molecule has 0 bridgehead atoms. The van der Waals surface area contributed by atoms with Crippen molar-refractivity contribution in [2.24, 2.45) is 0 Å². The van der Waals surface area contributed by atoms with Gasteiger partial charge in [-0.2, -0.15) is 5.26 Å². The first-order valence-corrected chi connectivity index (χ1v) is 5.43. The third kappa shape index (κ3) is 2.39. The number of nitrogen functional groups attached to an aromatic ring is 1. The lowest BCUT2D eigenvalue weighted by atomic mass is 10.1. The lowest BCUT2D eigenvalue weighted by Crippen LogP contribution is -1.95. The highest BCUT2D eigenvalue weighted by molar-refractivity contribution is 9.10. The molecule has 1 aromatic carbocycles. The Morgan fingerprint density at radius 3 is 2.85 bits per heavy atom. The van der Waals surface area contributed by atoms with Crippen LogP contribution in [0.2, 0.25) is 0 Å². The summed E-state index contributed by atoms with van der Waals surface area (Å²) in [6.45, 7) is 2.04. The second-order valence-corrected chi connectivity index (χ2v) is 4.27. The minimum atomic E-state index is 0.720. The molecule has 0 radical (unpaired) electrons. The van der Waals surface area contributed by atoms with Gasteiger partial charge in [-0.1, -0.05) is 22.9 Å². The van der Waals surface area contributed by atoms with Gasteiger partial charge in [0.1, 0.15) is 5.40 Å². The SMILES string of the molecule is CCc1cc(Br)cc(SC#N)c1N. The van der Waals surface area contributed by atoms with Crippen LogP contribution >= 0.6 is 27.7 Å². The number of halogens is 1. The van der Waals surface area contributed by atoms with Crippen LogP contribution in [0.4, 0.5) is 5.69 Å². The molecule has 2 nitrogen and oxygen atoms in total. The average Bonchev–Trinajstić information content (AvgIpc) is 2.11. The molecule has 0 atom stereocenters. The number of rotatable bonds is 2. The Morgan fingerprint density at radius 1 is 1.62 bits per heavy atom. The van der Waals surface area contributed by atoms with Crippen molar-refractivity contribution in [1.29, 1.82) is 5.26 Å². The Balaban J connectivity index is 3.20. The number of nitrogens with two attached hydrogens (primary N) is 1. The fourth-order valence-corrected chi connectivity index (χ4v) is 2.26.